The van der Waals surface area contributed by atoms with Gasteiger partial charge in [0.25, 0.3) is 5.91 Å². The summed E-state index contributed by atoms with van der Waals surface area (Å²) in [6.45, 7) is 3.56. The molecule has 1 N–H and O–H groups in total. The van der Waals surface area contributed by atoms with Gasteiger partial charge >= 0.3 is 5.97 Å². The maximum atomic E-state index is 13.3. The number of esters is 1. The molecule has 0 saturated heterocycles. The van der Waals surface area contributed by atoms with Crippen molar-refractivity contribution in [3.8, 4) is 11.4 Å². The van der Waals surface area contributed by atoms with Gasteiger partial charge in [-0.05, 0) is 60.7 Å². The van der Waals surface area contributed by atoms with Crippen LogP contribution in [-0.4, -0.2) is 38.2 Å². The molecule has 0 fully saturated rings. The molecule has 0 atom stereocenters. The summed E-state index contributed by atoms with van der Waals surface area (Å²) in [5.74, 6) is -0.0346. The van der Waals surface area contributed by atoms with Crippen LogP contribution < -0.4 is 5.32 Å². The molecule has 1 amide bonds. The summed E-state index contributed by atoms with van der Waals surface area (Å²) < 4.78 is 11.9. The molecule has 0 aliphatic rings. The summed E-state index contributed by atoms with van der Waals surface area (Å²) in [6, 6.07) is 19.1. The number of furan rings is 1. The number of benzene rings is 2. The van der Waals surface area contributed by atoms with Gasteiger partial charge in [-0.15, -0.1) is 5.10 Å². The van der Waals surface area contributed by atoms with E-state index in [4.69, 9.17) is 9.15 Å². The number of hydrogen-bond donors (Lipinski definition) is 1. The van der Waals surface area contributed by atoms with Crippen molar-refractivity contribution in [1.82, 2.24) is 20.2 Å². The Balaban J connectivity index is 1.63. The second-order valence-corrected chi connectivity index (χ2v) is 7.31. The van der Waals surface area contributed by atoms with Gasteiger partial charge in [0, 0.05) is 17.3 Å². The zero-order chi connectivity index (χ0) is 23.2. The molecule has 9 heteroatoms. The van der Waals surface area contributed by atoms with Crippen molar-refractivity contribution in [2.24, 2.45) is 0 Å². The fraction of sp³-hybridized carbons (Fsp3) is 0.125. The highest BCUT2D eigenvalue weighted by molar-refractivity contribution is 6.24. The molecule has 0 saturated carbocycles. The van der Waals surface area contributed by atoms with Crippen LogP contribution >= 0.6 is 0 Å². The van der Waals surface area contributed by atoms with Crippen LogP contribution in [0.25, 0.3) is 23.2 Å². The van der Waals surface area contributed by atoms with E-state index >= 15 is 0 Å². The topological polar surface area (TPSA) is 112 Å². The Labute approximate surface area is 189 Å². The van der Waals surface area contributed by atoms with Gasteiger partial charge in [0.2, 0.25) is 0 Å². The number of nitrogens with zero attached hydrogens (tertiary/aromatic N) is 4. The van der Waals surface area contributed by atoms with Gasteiger partial charge in [-0.2, -0.15) is 4.68 Å². The Bertz CT molecular complexity index is 1260. The molecule has 0 unspecified atom stereocenters. The van der Waals surface area contributed by atoms with Crippen molar-refractivity contribution in [3.63, 3.8) is 0 Å². The van der Waals surface area contributed by atoms with Crippen LogP contribution in [0.5, 0.6) is 0 Å². The molecule has 0 aliphatic heterocycles. The molecule has 2 aromatic heterocycles. The smallest absolute Gasteiger partial charge is 0.338 e. The molecule has 0 spiro atoms. The summed E-state index contributed by atoms with van der Waals surface area (Å²) >= 11 is 0. The minimum absolute atomic E-state index is 0.150. The van der Waals surface area contributed by atoms with Gasteiger partial charge in [-0.3, -0.25) is 4.79 Å². The predicted molar refractivity (Wildman–Crippen MR) is 122 cm³/mol. The first-order valence-electron chi connectivity index (χ1n) is 10.2. The Morgan fingerprint density at radius 2 is 1.79 bits per heavy atom. The van der Waals surface area contributed by atoms with Crippen molar-refractivity contribution < 1.29 is 18.7 Å². The lowest BCUT2D eigenvalue weighted by Gasteiger charge is -2.11. The molecular formula is C24H21N5O4. The lowest BCUT2D eigenvalue weighted by Crippen LogP contribution is -2.19. The summed E-state index contributed by atoms with van der Waals surface area (Å²) in [4.78, 5) is 25.3. The first kappa shape index (κ1) is 21.7. The molecule has 0 aliphatic carbocycles. The van der Waals surface area contributed by atoms with Crippen molar-refractivity contribution in [1.29, 1.82) is 0 Å². The number of carbonyl (C=O) groups is 2. The highest BCUT2D eigenvalue weighted by atomic mass is 16.5. The Kier molecular flexibility index (Phi) is 6.40. The minimum Gasteiger partial charge on any atom is -0.465 e. The average Bonchev–Trinajstić information content (AvgIpc) is 3.50. The number of anilines is 1. The average molecular weight is 443 g/mol. The van der Waals surface area contributed by atoms with E-state index in [-0.39, 0.29) is 11.8 Å². The van der Waals surface area contributed by atoms with Crippen molar-refractivity contribution >= 4 is 29.3 Å². The maximum absolute atomic E-state index is 13.3. The maximum Gasteiger partial charge on any atom is 0.338 e. The molecule has 2 heterocycles. The van der Waals surface area contributed by atoms with Crippen LogP contribution in [0.4, 0.5) is 5.69 Å². The van der Waals surface area contributed by atoms with Gasteiger partial charge in [0.15, 0.2) is 5.82 Å². The van der Waals surface area contributed by atoms with Crippen LogP contribution in [0.3, 0.4) is 0 Å². The molecule has 2 aromatic carbocycles. The van der Waals surface area contributed by atoms with Gasteiger partial charge < -0.3 is 14.5 Å². The minimum atomic E-state index is -0.464. The molecule has 4 rings (SSSR count). The van der Waals surface area contributed by atoms with Gasteiger partial charge in [0.1, 0.15) is 11.5 Å². The van der Waals surface area contributed by atoms with Gasteiger partial charge in [-0.25, -0.2) is 4.79 Å². The monoisotopic (exact) mass is 443 g/mol. The SMILES string of the molecule is CC(C)OC(=O)c1ccc(NC(=O)/C(=C/c2ccco2)n2nnnc2-c2ccccc2)cc1. The third-order valence-corrected chi connectivity index (χ3v) is 4.51. The van der Waals surface area contributed by atoms with E-state index in [0.29, 0.717) is 22.8 Å². The van der Waals surface area contributed by atoms with Crippen LogP contribution in [0, 0.1) is 0 Å². The third kappa shape index (κ3) is 5.21. The first-order valence-corrected chi connectivity index (χ1v) is 10.2. The number of hydrogen-bond acceptors (Lipinski definition) is 7. The zero-order valence-corrected chi connectivity index (χ0v) is 18.0. The highest BCUT2D eigenvalue weighted by Crippen LogP contribution is 2.22. The zero-order valence-electron chi connectivity index (χ0n) is 18.0. The van der Waals surface area contributed by atoms with E-state index in [2.05, 4.69) is 20.8 Å². The van der Waals surface area contributed by atoms with Crippen LogP contribution in [0.15, 0.2) is 77.4 Å². The number of ether oxygens (including phenoxy) is 1. The number of aromatic nitrogens is 4. The number of tetrazole rings is 1. The first-order chi connectivity index (χ1) is 16.0. The molecule has 4 aromatic rings. The fourth-order valence-corrected chi connectivity index (χ4v) is 3.01. The summed E-state index contributed by atoms with van der Waals surface area (Å²) in [7, 11) is 0. The molecule has 33 heavy (non-hydrogen) atoms. The quantitative estimate of drug-likeness (QED) is 0.337. The van der Waals surface area contributed by atoms with Crippen molar-refractivity contribution in [2.45, 2.75) is 20.0 Å². The second kappa shape index (κ2) is 9.73. The largest absolute Gasteiger partial charge is 0.465 e. The van der Waals surface area contributed by atoms with Gasteiger partial charge in [0.05, 0.1) is 17.9 Å². The van der Waals surface area contributed by atoms with Crippen LogP contribution in [0.1, 0.15) is 30.0 Å². The Hall–Kier alpha value is -4.53. The number of amides is 1. The normalized spacial score (nSPS) is 11.4. The summed E-state index contributed by atoms with van der Waals surface area (Å²) in [6.07, 6.45) is 2.84. The third-order valence-electron chi connectivity index (χ3n) is 4.51. The lowest BCUT2D eigenvalue weighted by molar-refractivity contribution is -0.111. The second-order valence-electron chi connectivity index (χ2n) is 7.31. The Morgan fingerprint density at radius 3 is 2.45 bits per heavy atom. The Morgan fingerprint density at radius 1 is 1.03 bits per heavy atom. The standard InChI is InChI=1S/C24H21N5O4/c1-16(2)33-24(31)18-10-12-19(13-11-18)25-23(30)21(15-20-9-6-14-32-20)29-22(26-27-28-29)17-7-4-3-5-8-17/h3-16H,1-2H3,(H,25,30)/b21-15-. The van der Waals surface area contributed by atoms with E-state index in [1.807, 2.05) is 30.3 Å². The predicted octanol–water partition coefficient (Wildman–Crippen LogP) is 4.14. The van der Waals surface area contributed by atoms with Crippen molar-refractivity contribution in [2.75, 3.05) is 5.32 Å². The molecular weight excluding hydrogens is 422 g/mol. The molecule has 0 bridgehead atoms. The fourth-order valence-electron chi connectivity index (χ4n) is 3.01. The van der Waals surface area contributed by atoms with E-state index in [1.54, 1.807) is 56.3 Å². The van der Waals surface area contributed by atoms with Crippen molar-refractivity contribution in [3.05, 3.63) is 84.3 Å². The summed E-state index contributed by atoms with van der Waals surface area (Å²) in [5.41, 5.74) is 1.77. The van der Waals surface area contributed by atoms with E-state index in [0.717, 1.165) is 5.56 Å². The van der Waals surface area contributed by atoms with E-state index in [9.17, 15) is 9.59 Å². The van der Waals surface area contributed by atoms with Crippen LogP contribution in [-0.2, 0) is 9.53 Å². The van der Waals surface area contributed by atoms with Gasteiger partial charge in [-0.1, -0.05) is 30.3 Å². The molecule has 166 valence electrons. The number of rotatable bonds is 7. The summed E-state index contributed by atoms with van der Waals surface area (Å²) in [5, 5.41) is 14.7. The highest BCUT2D eigenvalue weighted by Gasteiger charge is 2.20. The number of nitrogens with one attached hydrogen (secondary N) is 1. The van der Waals surface area contributed by atoms with E-state index in [1.165, 1.54) is 10.9 Å². The van der Waals surface area contributed by atoms with E-state index < -0.39 is 11.9 Å². The van der Waals surface area contributed by atoms with Crippen LogP contribution in [0.2, 0.25) is 0 Å². The number of carbonyl (C=O) groups excluding carboxylic acids is 2. The molecule has 0 radical (unpaired) electrons. The lowest BCUT2D eigenvalue weighted by atomic mass is 10.2. The molecule has 9 nitrogen and oxygen atoms in total.